The lowest BCUT2D eigenvalue weighted by Gasteiger charge is -2.19. The molecular weight excluding hydrogens is 228 g/mol. The fourth-order valence-corrected chi connectivity index (χ4v) is 3.22. The monoisotopic (exact) mass is 250 g/mol. The molecule has 0 bridgehead atoms. The zero-order valence-electron chi connectivity index (χ0n) is 11.0. The van der Waals surface area contributed by atoms with E-state index in [0.717, 1.165) is 18.3 Å². The van der Waals surface area contributed by atoms with E-state index in [1.54, 1.807) is 0 Å². The van der Waals surface area contributed by atoms with Gasteiger partial charge in [-0.05, 0) is 40.9 Å². The molecule has 2 nitrogen and oxygen atoms in total. The summed E-state index contributed by atoms with van der Waals surface area (Å²) in [4.78, 5) is 4.49. The molecule has 0 saturated carbocycles. The summed E-state index contributed by atoms with van der Waals surface area (Å²) in [5, 5.41) is 3.44. The normalized spacial score (nSPS) is 20.5. The Kier molecular flexibility index (Phi) is 3.97. The minimum Gasteiger partial charge on any atom is -0.370 e. The predicted molar refractivity (Wildman–Crippen MR) is 76.9 cm³/mol. The zero-order valence-corrected chi connectivity index (χ0v) is 11.8. The highest BCUT2D eigenvalue weighted by Gasteiger charge is 2.16. The molecule has 1 unspecified atom stereocenters. The first-order valence-corrected chi connectivity index (χ1v) is 7.49. The molecular formula is C14H22N2S. The van der Waals surface area contributed by atoms with Gasteiger partial charge >= 0.3 is 0 Å². The van der Waals surface area contributed by atoms with Crippen LogP contribution in [0.1, 0.15) is 32.8 Å². The Morgan fingerprint density at radius 2 is 2.24 bits per heavy atom. The van der Waals surface area contributed by atoms with Crippen LogP contribution in [0.25, 0.3) is 0 Å². The van der Waals surface area contributed by atoms with Crippen molar-refractivity contribution in [1.29, 1.82) is 0 Å². The molecule has 1 aromatic rings. The highest BCUT2D eigenvalue weighted by molar-refractivity contribution is 7.99. The molecule has 0 aliphatic carbocycles. The van der Waals surface area contributed by atoms with Gasteiger partial charge in [0.2, 0.25) is 0 Å². The minimum absolute atomic E-state index is 0.188. The summed E-state index contributed by atoms with van der Waals surface area (Å²) >= 11 is 2.06. The Balaban J connectivity index is 1.89. The quantitative estimate of drug-likeness (QED) is 0.888. The zero-order chi connectivity index (χ0) is 12.3. The first-order valence-electron chi connectivity index (χ1n) is 6.34. The lowest BCUT2D eigenvalue weighted by molar-refractivity contribution is 0.587. The SMILES string of the molecule is CC(C)(C)c1ccc(NCC2CCSC2)nc1. The number of aromatic nitrogens is 1. The van der Waals surface area contributed by atoms with Gasteiger partial charge in [-0.15, -0.1) is 0 Å². The molecule has 0 spiro atoms. The molecule has 17 heavy (non-hydrogen) atoms. The average molecular weight is 250 g/mol. The summed E-state index contributed by atoms with van der Waals surface area (Å²) in [7, 11) is 0. The van der Waals surface area contributed by atoms with Crippen molar-refractivity contribution in [2.24, 2.45) is 5.92 Å². The van der Waals surface area contributed by atoms with Crippen LogP contribution in [0.15, 0.2) is 18.3 Å². The Labute approximate surface area is 109 Å². The molecule has 1 aliphatic rings. The van der Waals surface area contributed by atoms with Crippen molar-refractivity contribution in [3.05, 3.63) is 23.9 Å². The second-order valence-corrected chi connectivity index (χ2v) is 6.94. The number of hydrogen-bond donors (Lipinski definition) is 1. The van der Waals surface area contributed by atoms with E-state index in [1.807, 2.05) is 6.20 Å². The van der Waals surface area contributed by atoms with E-state index in [-0.39, 0.29) is 5.41 Å². The molecule has 1 fully saturated rings. The van der Waals surface area contributed by atoms with Crippen molar-refractivity contribution in [2.75, 3.05) is 23.4 Å². The van der Waals surface area contributed by atoms with Crippen LogP contribution in [-0.4, -0.2) is 23.0 Å². The summed E-state index contributed by atoms with van der Waals surface area (Å²) in [6.45, 7) is 7.71. The van der Waals surface area contributed by atoms with Crippen LogP contribution in [0.3, 0.4) is 0 Å². The Hall–Kier alpha value is -0.700. The Morgan fingerprint density at radius 1 is 1.41 bits per heavy atom. The number of nitrogens with one attached hydrogen (secondary N) is 1. The third-order valence-corrected chi connectivity index (χ3v) is 4.46. The van der Waals surface area contributed by atoms with Crippen LogP contribution in [-0.2, 0) is 5.41 Å². The third-order valence-electron chi connectivity index (χ3n) is 3.23. The van der Waals surface area contributed by atoms with Crippen molar-refractivity contribution in [3.63, 3.8) is 0 Å². The van der Waals surface area contributed by atoms with Crippen LogP contribution in [0, 0.1) is 5.92 Å². The smallest absolute Gasteiger partial charge is 0.125 e. The minimum atomic E-state index is 0.188. The van der Waals surface area contributed by atoms with Crippen LogP contribution >= 0.6 is 11.8 Å². The standard InChI is InChI=1S/C14H22N2S/c1-14(2,3)12-4-5-13(16-9-12)15-8-11-6-7-17-10-11/h4-5,9,11H,6-8,10H2,1-3H3,(H,15,16). The van der Waals surface area contributed by atoms with Gasteiger partial charge in [0, 0.05) is 12.7 Å². The topological polar surface area (TPSA) is 24.9 Å². The second-order valence-electron chi connectivity index (χ2n) is 5.79. The molecule has 0 radical (unpaired) electrons. The van der Waals surface area contributed by atoms with Crippen molar-refractivity contribution in [3.8, 4) is 0 Å². The van der Waals surface area contributed by atoms with Crippen molar-refractivity contribution in [2.45, 2.75) is 32.6 Å². The van der Waals surface area contributed by atoms with Crippen molar-refractivity contribution in [1.82, 2.24) is 4.98 Å². The molecule has 1 aliphatic heterocycles. The predicted octanol–water partition coefficient (Wildman–Crippen LogP) is 3.54. The van der Waals surface area contributed by atoms with Gasteiger partial charge in [0.15, 0.2) is 0 Å². The maximum absolute atomic E-state index is 4.49. The van der Waals surface area contributed by atoms with Gasteiger partial charge in [-0.3, -0.25) is 0 Å². The van der Waals surface area contributed by atoms with Crippen LogP contribution in [0.2, 0.25) is 0 Å². The van der Waals surface area contributed by atoms with E-state index in [9.17, 15) is 0 Å². The maximum Gasteiger partial charge on any atom is 0.125 e. The largest absolute Gasteiger partial charge is 0.370 e. The molecule has 2 rings (SSSR count). The first kappa shape index (κ1) is 12.7. The Bertz CT molecular complexity index is 347. The van der Waals surface area contributed by atoms with Crippen LogP contribution in [0.4, 0.5) is 5.82 Å². The van der Waals surface area contributed by atoms with E-state index in [4.69, 9.17) is 0 Å². The van der Waals surface area contributed by atoms with E-state index in [1.165, 1.54) is 23.5 Å². The number of rotatable bonds is 3. The van der Waals surface area contributed by atoms with E-state index in [0.29, 0.717) is 0 Å². The molecule has 1 atom stereocenters. The summed E-state index contributed by atoms with van der Waals surface area (Å²) in [5.74, 6) is 4.45. The van der Waals surface area contributed by atoms with E-state index in [2.05, 4.69) is 55.0 Å². The molecule has 0 aromatic carbocycles. The van der Waals surface area contributed by atoms with Gasteiger partial charge in [-0.2, -0.15) is 11.8 Å². The summed E-state index contributed by atoms with van der Waals surface area (Å²) in [5.41, 5.74) is 1.48. The summed E-state index contributed by atoms with van der Waals surface area (Å²) in [6, 6.07) is 4.28. The van der Waals surface area contributed by atoms with Gasteiger partial charge in [0.05, 0.1) is 0 Å². The van der Waals surface area contributed by atoms with Crippen molar-refractivity contribution < 1.29 is 0 Å². The highest BCUT2D eigenvalue weighted by Crippen LogP contribution is 2.24. The fourth-order valence-electron chi connectivity index (χ4n) is 1.94. The average Bonchev–Trinajstić information content (AvgIpc) is 2.78. The van der Waals surface area contributed by atoms with Gasteiger partial charge in [0.1, 0.15) is 5.82 Å². The summed E-state index contributed by atoms with van der Waals surface area (Å²) in [6.07, 6.45) is 3.34. The molecule has 1 saturated heterocycles. The molecule has 2 heterocycles. The van der Waals surface area contributed by atoms with Crippen molar-refractivity contribution >= 4 is 17.6 Å². The van der Waals surface area contributed by atoms with Gasteiger partial charge in [-0.1, -0.05) is 26.8 Å². The van der Waals surface area contributed by atoms with Gasteiger partial charge in [0.25, 0.3) is 0 Å². The second kappa shape index (κ2) is 5.30. The lowest BCUT2D eigenvalue weighted by Crippen LogP contribution is -2.15. The number of pyridine rings is 1. The van der Waals surface area contributed by atoms with E-state index >= 15 is 0 Å². The van der Waals surface area contributed by atoms with Gasteiger partial charge in [-0.25, -0.2) is 4.98 Å². The number of hydrogen-bond acceptors (Lipinski definition) is 3. The van der Waals surface area contributed by atoms with E-state index < -0.39 is 0 Å². The molecule has 0 amide bonds. The number of thioether (sulfide) groups is 1. The highest BCUT2D eigenvalue weighted by atomic mass is 32.2. The molecule has 1 N–H and O–H groups in total. The van der Waals surface area contributed by atoms with Crippen LogP contribution in [0.5, 0.6) is 0 Å². The number of anilines is 1. The lowest BCUT2D eigenvalue weighted by atomic mass is 9.88. The molecule has 3 heteroatoms. The first-order chi connectivity index (χ1) is 8.05. The fraction of sp³-hybridized carbons (Fsp3) is 0.643. The maximum atomic E-state index is 4.49. The molecule has 1 aromatic heterocycles. The van der Waals surface area contributed by atoms with Gasteiger partial charge < -0.3 is 5.32 Å². The number of nitrogens with zero attached hydrogens (tertiary/aromatic N) is 1. The molecule has 94 valence electrons. The summed E-state index contributed by atoms with van der Waals surface area (Å²) < 4.78 is 0. The van der Waals surface area contributed by atoms with Crippen LogP contribution < -0.4 is 5.32 Å². The third kappa shape index (κ3) is 3.63. The Morgan fingerprint density at radius 3 is 2.76 bits per heavy atom.